The zero-order chi connectivity index (χ0) is 26.7. The Hall–Kier alpha value is -2.05. The van der Waals surface area contributed by atoms with Crippen molar-refractivity contribution in [1.82, 2.24) is 10.2 Å². The van der Waals surface area contributed by atoms with E-state index in [-0.39, 0.29) is 32.7 Å². The van der Waals surface area contributed by atoms with Crippen LogP contribution in [0.4, 0.5) is 4.79 Å². The van der Waals surface area contributed by atoms with Gasteiger partial charge in [0.2, 0.25) is 6.79 Å². The minimum atomic E-state index is -3.97. The Labute approximate surface area is 205 Å². The van der Waals surface area contributed by atoms with Gasteiger partial charge in [-0.25, -0.2) is 4.79 Å². The summed E-state index contributed by atoms with van der Waals surface area (Å²) in [4.78, 5) is 60.4. The number of carbonyl (C=O) groups excluding carboxylic acids is 4. The van der Waals surface area contributed by atoms with E-state index in [1.165, 1.54) is 12.0 Å². The maximum Gasteiger partial charge on any atom is 0.576 e. The minimum absolute atomic E-state index is 0.0243. The lowest BCUT2D eigenvalue weighted by Crippen LogP contribution is -2.61. The summed E-state index contributed by atoms with van der Waals surface area (Å²) in [7, 11) is -2.73. The van der Waals surface area contributed by atoms with Crippen molar-refractivity contribution in [3.63, 3.8) is 0 Å². The standard InChI is InChI=1S/C21H35N2O11P/c1-19(2,3)33-18(27)23-10-21(6,11-23)17(26)30-13-32-35(28)31-12-20(4,5)15(34-35)16(25)22-9-8-14(24)29-7/h15,28H,8-13H2,1-7H3/p+1/t15-,35?/m0/s1. The third-order valence-corrected chi connectivity index (χ3v) is 6.64. The van der Waals surface area contributed by atoms with E-state index >= 15 is 0 Å². The van der Waals surface area contributed by atoms with E-state index in [1.54, 1.807) is 41.5 Å². The fourth-order valence-corrected chi connectivity index (χ4v) is 4.81. The topological polar surface area (TPSA) is 159 Å². The van der Waals surface area contributed by atoms with E-state index in [4.69, 9.17) is 23.0 Å². The van der Waals surface area contributed by atoms with Crippen molar-refractivity contribution in [2.75, 3.05) is 40.1 Å². The van der Waals surface area contributed by atoms with Crippen LogP contribution in [-0.2, 0) is 42.2 Å². The van der Waals surface area contributed by atoms with Gasteiger partial charge in [-0.05, 0) is 27.7 Å². The molecule has 0 aromatic carbocycles. The predicted molar refractivity (Wildman–Crippen MR) is 121 cm³/mol. The Kier molecular flexibility index (Phi) is 9.10. The third-order valence-electron chi connectivity index (χ3n) is 5.27. The largest absolute Gasteiger partial charge is 0.576 e. The first-order valence-corrected chi connectivity index (χ1v) is 12.6. The molecular formula is C21H36N2O11P+. The second-order valence-electron chi connectivity index (χ2n) is 10.4. The maximum absolute atomic E-state index is 12.6. The summed E-state index contributed by atoms with van der Waals surface area (Å²) in [6.07, 6.45) is -1.70. The van der Waals surface area contributed by atoms with Gasteiger partial charge in [-0.3, -0.25) is 14.4 Å². The number of amides is 2. The molecular weight excluding hydrogens is 487 g/mol. The number of hydrogen-bond acceptors (Lipinski definition) is 11. The summed E-state index contributed by atoms with van der Waals surface area (Å²) in [5.74, 6) is -1.69. The summed E-state index contributed by atoms with van der Waals surface area (Å²) >= 11 is 0. The first-order chi connectivity index (χ1) is 16.0. The van der Waals surface area contributed by atoms with Gasteiger partial charge in [-0.15, -0.1) is 9.05 Å². The molecule has 2 aliphatic heterocycles. The highest BCUT2D eigenvalue weighted by Gasteiger charge is 2.60. The van der Waals surface area contributed by atoms with Crippen LogP contribution in [0.3, 0.4) is 0 Å². The SMILES string of the molecule is COC(=O)CCNC(=O)[C@@H]1O[P+](O)(OCOC(=O)C2(C)CN(C(=O)OC(C)(C)C)C2)OCC1(C)C. The molecule has 2 atom stereocenters. The average Bonchev–Trinajstić information content (AvgIpc) is 2.71. The van der Waals surface area contributed by atoms with Crippen LogP contribution in [0.5, 0.6) is 0 Å². The van der Waals surface area contributed by atoms with Gasteiger partial charge in [0.1, 0.15) is 17.6 Å². The smallest absolute Gasteiger partial charge is 0.469 e. The fourth-order valence-electron chi connectivity index (χ4n) is 3.28. The number of ether oxygens (including phenoxy) is 3. The van der Waals surface area contributed by atoms with Gasteiger partial charge in [0.05, 0.1) is 13.5 Å². The molecule has 2 fully saturated rings. The fraction of sp³-hybridized carbons (Fsp3) is 0.810. The molecule has 2 saturated heterocycles. The molecule has 0 aromatic heterocycles. The van der Waals surface area contributed by atoms with Gasteiger partial charge in [0, 0.05) is 25.0 Å². The van der Waals surface area contributed by atoms with Crippen LogP contribution in [0.25, 0.3) is 0 Å². The Bertz CT molecular complexity index is 823. The molecule has 1 unspecified atom stereocenters. The Morgan fingerprint density at radius 3 is 2.37 bits per heavy atom. The van der Waals surface area contributed by atoms with Gasteiger partial charge >= 0.3 is 26.2 Å². The molecule has 14 heteroatoms. The van der Waals surface area contributed by atoms with Gasteiger partial charge < -0.3 is 24.4 Å². The van der Waals surface area contributed by atoms with Crippen molar-refractivity contribution < 1.29 is 51.9 Å². The zero-order valence-electron chi connectivity index (χ0n) is 21.2. The van der Waals surface area contributed by atoms with Gasteiger partial charge in [-0.2, -0.15) is 9.42 Å². The molecule has 2 heterocycles. The van der Waals surface area contributed by atoms with Crippen LogP contribution in [0.2, 0.25) is 0 Å². The third kappa shape index (κ3) is 7.97. The van der Waals surface area contributed by atoms with Crippen LogP contribution >= 0.6 is 8.17 Å². The number of nitrogens with one attached hydrogen (secondary N) is 1. The summed E-state index contributed by atoms with van der Waals surface area (Å²) in [6, 6.07) is 0. The van der Waals surface area contributed by atoms with Gasteiger partial charge in [-0.1, -0.05) is 13.8 Å². The van der Waals surface area contributed by atoms with Crippen molar-refractivity contribution in [3.8, 4) is 0 Å². The summed E-state index contributed by atoms with van der Waals surface area (Å²) in [6.45, 7) is 9.77. The highest BCUT2D eigenvalue weighted by molar-refractivity contribution is 7.55. The first-order valence-electron chi connectivity index (χ1n) is 11.1. The number of carbonyl (C=O) groups is 4. The number of methoxy groups -OCH3 is 1. The highest BCUT2D eigenvalue weighted by atomic mass is 31.2. The number of likely N-dealkylation sites (tertiary alicyclic amines) is 1. The van der Waals surface area contributed by atoms with E-state index in [2.05, 4.69) is 10.1 Å². The van der Waals surface area contributed by atoms with Gasteiger partial charge in [0.15, 0.2) is 6.10 Å². The second kappa shape index (κ2) is 10.9. The van der Waals surface area contributed by atoms with Crippen LogP contribution < -0.4 is 5.32 Å². The van der Waals surface area contributed by atoms with Crippen molar-refractivity contribution in [2.45, 2.75) is 59.7 Å². The molecule has 35 heavy (non-hydrogen) atoms. The van der Waals surface area contributed by atoms with E-state index < -0.39 is 61.4 Å². The van der Waals surface area contributed by atoms with Crippen molar-refractivity contribution >= 4 is 32.1 Å². The lowest BCUT2D eigenvalue weighted by molar-refractivity contribution is -0.175. The Balaban J connectivity index is 1.84. The number of hydrogen-bond donors (Lipinski definition) is 2. The summed E-state index contributed by atoms with van der Waals surface area (Å²) in [5, 5.41) is 2.55. The van der Waals surface area contributed by atoms with E-state index in [1.807, 2.05) is 0 Å². The molecule has 0 aliphatic carbocycles. The number of rotatable bonds is 8. The average molecular weight is 523 g/mol. The molecule has 2 N–H and O–H groups in total. The molecule has 200 valence electrons. The summed E-state index contributed by atoms with van der Waals surface area (Å²) in [5.41, 5.74) is -2.42. The normalized spacial score (nSPS) is 25.1. The van der Waals surface area contributed by atoms with Crippen LogP contribution in [-0.4, -0.2) is 85.6 Å². The van der Waals surface area contributed by atoms with Crippen LogP contribution in [0.1, 0.15) is 48.0 Å². The van der Waals surface area contributed by atoms with Crippen molar-refractivity contribution in [3.05, 3.63) is 0 Å². The van der Waals surface area contributed by atoms with E-state index in [0.29, 0.717) is 0 Å². The quantitative estimate of drug-likeness (QED) is 0.206. The second-order valence-corrected chi connectivity index (χ2v) is 12.1. The van der Waals surface area contributed by atoms with Crippen LogP contribution in [0.15, 0.2) is 0 Å². The molecule has 0 radical (unpaired) electrons. The molecule has 2 aliphatic rings. The first kappa shape index (κ1) is 29.2. The van der Waals surface area contributed by atoms with Crippen LogP contribution in [0, 0.1) is 10.8 Å². The minimum Gasteiger partial charge on any atom is -0.469 e. The van der Waals surface area contributed by atoms with Crippen molar-refractivity contribution in [2.24, 2.45) is 10.8 Å². The summed E-state index contributed by atoms with van der Waals surface area (Å²) < 4.78 is 30.9. The molecule has 13 nitrogen and oxygen atoms in total. The van der Waals surface area contributed by atoms with E-state index in [0.717, 1.165) is 0 Å². The molecule has 2 rings (SSSR count). The molecule has 0 aromatic rings. The molecule has 0 saturated carbocycles. The predicted octanol–water partition coefficient (Wildman–Crippen LogP) is 1.55. The Morgan fingerprint density at radius 2 is 1.80 bits per heavy atom. The monoisotopic (exact) mass is 523 g/mol. The molecule has 0 spiro atoms. The van der Waals surface area contributed by atoms with E-state index in [9.17, 15) is 24.1 Å². The molecule has 0 bridgehead atoms. The van der Waals surface area contributed by atoms with Gasteiger partial charge in [0.25, 0.3) is 5.91 Å². The lowest BCUT2D eigenvalue weighted by atomic mass is 9.82. The molecule has 2 amide bonds. The maximum atomic E-state index is 12.6. The number of nitrogens with zero attached hydrogens (tertiary/aromatic N) is 1. The lowest BCUT2D eigenvalue weighted by Gasteiger charge is -2.45. The highest BCUT2D eigenvalue weighted by Crippen LogP contribution is 2.64. The van der Waals surface area contributed by atoms with Crippen molar-refractivity contribution in [1.29, 1.82) is 0 Å². The number of esters is 2. The Morgan fingerprint density at radius 1 is 1.17 bits per heavy atom. The zero-order valence-corrected chi connectivity index (χ0v) is 22.1.